The molecule has 0 bridgehead atoms. The van der Waals surface area contributed by atoms with Gasteiger partial charge in [0.05, 0.1) is 23.1 Å². The third-order valence-corrected chi connectivity index (χ3v) is 3.95. The first-order valence-electron chi connectivity index (χ1n) is 7.64. The van der Waals surface area contributed by atoms with E-state index in [0.29, 0.717) is 17.1 Å². The quantitative estimate of drug-likeness (QED) is 0.510. The number of anilines is 1. The van der Waals surface area contributed by atoms with Crippen LogP contribution in [0.2, 0.25) is 0 Å². The summed E-state index contributed by atoms with van der Waals surface area (Å²) in [5.74, 6) is 0.227. The Morgan fingerprint density at radius 1 is 1.19 bits per heavy atom. The van der Waals surface area contributed by atoms with Crippen molar-refractivity contribution in [1.82, 2.24) is 13.7 Å². The Hall–Kier alpha value is -3.33. The van der Waals surface area contributed by atoms with Crippen molar-refractivity contribution in [2.75, 3.05) is 5.32 Å². The molecule has 0 atom stereocenters. The average molecular weight is 369 g/mol. The van der Waals surface area contributed by atoms with Crippen LogP contribution in [0.5, 0.6) is 0 Å². The van der Waals surface area contributed by atoms with Crippen LogP contribution in [0, 0.1) is 6.92 Å². The Balaban J connectivity index is 1.80. The molecular formula is C17H15N5O3S. The minimum atomic E-state index is -1.17. The van der Waals surface area contributed by atoms with Gasteiger partial charge in [-0.05, 0) is 19.1 Å². The Morgan fingerprint density at radius 2 is 2.00 bits per heavy atom. The highest BCUT2D eigenvalue weighted by atomic mass is 32.1. The molecule has 0 fully saturated rings. The number of pyridine rings is 1. The molecule has 0 aliphatic heterocycles. The van der Waals surface area contributed by atoms with Crippen LogP contribution in [0.3, 0.4) is 0 Å². The van der Waals surface area contributed by atoms with Crippen molar-refractivity contribution in [2.24, 2.45) is 5.16 Å². The van der Waals surface area contributed by atoms with E-state index in [1.165, 1.54) is 0 Å². The maximum absolute atomic E-state index is 10.7. The first kappa shape index (κ1) is 17.5. The number of rotatable bonds is 6. The fourth-order valence-electron chi connectivity index (χ4n) is 2.18. The van der Waals surface area contributed by atoms with Gasteiger partial charge in [0.25, 0.3) is 0 Å². The lowest BCUT2D eigenvalue weighted by Crippen LogP contribution is -2.10. The number of hydrogen-bond donors (Lipinski definition) is 2. The van der Waals surface area contributed by atoms with Crippen LogP contribution < -0.4 is 5.32 Å². The summed E-state index contributed by atoms with van der Waals surface area (Å²) in [7, 11) is 0. The number of oxime groups is 1. The first-order valence-corrected chi connectivity index (χ1v) is 8.37. The molecule has 3 rings (SSSR count). The van der Waals surface area contributed by atoms with Crippen LogP contribution in [0.15, 0.2) is 53.7 Å². The van der Waals surface area contributed by atoms with E-state index >= 15 is 0 Å². The molecule has 0 aliphatic carbocycles. The summed E-state index contributed by atoms with van der Waals surface area (Å²) < 4.78 is 8.48. The normalized spacial score (nSPS) is 11.2. The molecule has 8 nitrogen and oxygen atoms in total. The maximum Gasteiger partial charge on any atom is 0.410 e. The van der Waals surface area contributed by atoms with E-state index in [2.05, 4.69) is 24.2 Å². The standard InChI is InChI=1S/C17H15N5O3S/c1-11-15(22-26-21-11)16(12-6-3-2-4-7-12)20-25-10-13-8-5-9-14(18-13)19-17(23)24/h2-9H,10H2,1H3,(H,18,19)(H,23,24)/b20-16-. The lowest BCUT2D eigenvalue weighted by atomic mass is 10.1. The molecule has 1 aromatic carbocycles. The summed E-state index contributed by atoms with van der Waals surface area (Å²) in [4.78, 5) is 20.3. The molecule has 132 valence electrons. The largest absolute Gasteiger partial charge is 0.465 e. The third kappa shape index (κ3) is 4.39. The molecule has 2 N–H and O–H groups in total. The second-order valence-corrected chi connectivity index (χ2v) is 5.75. The van der Waals surface area contributed by atoms with Crippen molar-refractivity contribution in [1.29, 1.82) is 0 Å². The van der Waals surface area contributed by atoms with E-state index in [4.69, 9.17) is 9.94 Å². The molecule has 1 amide bonds. The van der Waals surface area contributed by atoms with E-state index < -0.39 is 6.09 Å². The number of benzene rings is 1. The smallest absolute Gasteiger partial charge is 0.410 e. The number of nitrogens with one attached hydrogen (secondary N) is 1. The minimum absolute atomic E-state index is 0.0854. The second kappa shape index (κ2) is 8.17. The van der Waals surface area contributed by atoms with Crippen molar-refractivity contribution < 1.29 is 14.7 Å². The van der Waals surface area contributed by atoms with Crippen molar-refractivity contribution in [3.8, 4) is 0 Å². The van der Waals surface area contributed by atoms with Crippen molar-refractivity contribution in [3.63, 3.8) is 0 Å². The van der Waals surface area contributed by atoms with Crippen LogP contribution in [0.4, 0.5) is 10.6 Å². The van der Waals surface area contributed by atoms with Crippen molar-refractivity contribution >= 4 is 29.4 Å². The fourth-order valence-corrected chi connectivity index (χ4v) is 2.73. The number of hydrogen-bond acceptors (Lipinski definition) is 7. The zero-order valence-corrected chi connectivity index (χ0v) is 14.6. The fraction of sp³-hybridized carbons (Fsp3) is 0.118. The predicted molar refractivity (Wildman–Crippen MR) is 97.4 cm³/mol. The average Bonchev–Trinajstić information content (AvgIpc) is 3.05. The molecule has 0 unspecified atom stereocenters. The zero-order chi connectivity index (χ0) is 18.4. The van der Waals surface area contributed by atoms with E-state index in [1.807, 2.05) is 37.3 Å². The van der Waals surface area contributed by atoms with Gasteiger partial charge in [-0.25, -0.2) is 9.78 Å². The topological polar surface area (TPSA) is 110 Å². The van der Waals surface area contributed by atoms with Gasteiger partial charge in [0.2, 0.25) is 0 Å². The highest BCUT2D eigenvalue weighted by Gasteiger charge is 2.14. The van der Waals surface area contributed by atoms with Gasteiger partial charge in [-0.3, -0.25) is 5.32 Å². The highest BCUT2D eigenvalue weighted by Crippen LogP contribution is 2.14. The number of amides is 1. The number of aromatic nitrogens is 3. The van der Waals surface area contributed by atoms with Gasteiger partial charge < -0.3 is 9.94 Å². The SMILES string of the molecule is Cc1nsnc1/C(=N\OCc1cccc(NC(=O)O)n1)c1ccccc1. The summed E-state index contributed by atoms with van der Waals surface area (Å²) in [5, 5.41) is 15.2. The summed E-state index contributed by atoms with van der Waals surface area (Å²) in [5.41, 5.74) is 3.41. The van der Waals surface area contributed by atoms with Crippen LogP contribution in [-0.4, -0.2) is 30.6 Å². The molecule has 0 radical (unpaired) electrons. The molecular weight excluding hydrogens is 354 g/mol. The molecule has 0 saturated carbocycles. The molecule has 0 aliphatic rings. The molecule has 0 saturated heterocycles. The Labute approximate surface area is 153 Å². The zero-order valence-electron chi connectivity index (χ0n) is 13.8. The Morgan fingerprint density at radius 3 is 2.69 bits per heavy atom. The monoisotopic (exact) mass is 369 g/mol. The predicted octanol–water partition coefficient (Wildman–Crippen LogP) is 3.30. The minimum Gasteiger partial charge on any atom is -0.465 e. The Kier molecular flexibility index (Phi) is 5.49. The van der Waals surface area contributed by atoms with Gasteiger partial charge in [0.15, 0.2) is 6.61 Å². The van der Waals surface area contributed by atoms with Crippen LogP contribution in [-0.2, 0) is 11.4 Å². The molecule has 9 heteroatoms. The van der Waals surface area contributed by atoms with Crippen molar-refractivity contribution in [2.45, 2.75) is 13.5 Å². The molecule has 2 heterocycles. The van der Waals surface area contributed by atoms with Gasteiger partial charge in [0.1, 0.15) is 17.2 Å². The number of carboxylic acid groups (broad SMARTS) is 1. The van der Waals surface area contributed by atoms with Crippen molar-refractivity contribution in [3.05, 3.63) is 71.2 Å². The Bertz CT molecular complexity index is 927. The van der Waals surface area contributed by atoms with Gasteiger partial charge in [-0.2, -0.15) is 8.75 Å². The number of carbonyl (C=O) groups is 1. The lowest BCUT2D eigenvalue weighted by molar-refractivity contribution is 0.128. The third-order valence-electron chi connectivity index (χ3n) is 3.33. The van der Waals surface area contributed by atoms with E-state index in [0.717, 1.165) is 23.0 Å². The molecule has 26 heavy (non-hydrogen) atoms. The highest BCUT2D eigenvalue weighted by molar-refractivity contribution is 6.99. The number of nitrogens with zero attached hydrogens (tertiary/aromatic N) is 4. The summed E-state index contributed by atoms with van der Waals surface area (Å²) >= 11 is 1.11. The molecule has 0 spiro atoms. The van der Waals surface area contributed by atoms with Gasteiger partial charge >= 0.3 is 6.09 Å². The van der Waals surface area contributed by atoms with Crippen LogP contribution >= 0.6 is 11.7 Å². The molecule has 2 aromatic heterocycles. The van der Waals surface area contributed by atoms with Gasteiger partial charge in [-0.15, -0.1) is 0 Å². The summed E-state index contributed by atoms with van der Waals surface area (Å²) in [6.45, 7) is 1.95. The molecule has 3 aromatic rings. The van der Waals surface area contributed by atoms with E-state index in [9.17, 15) is 4.79 Å². The van der Waals surface area contributed by atoms with E-state index in [-0.39, 0.29) is 12.4 Å². The summed E-state index contributed by atoms with van der Waals surface area (Å²) in [6, 6.07) is 14.5. The van der Waals surface area contributed by atoms with Crippen LogP contribution in [0.25, 0.3) is 0 Å². The number of aryl methyl sites for hydroxylation is 1. The lowest BCUT2D eigenvalue weighted by Gasteiger charge is -2.06. The maximum atomic E-state index is 10.7. The summed E-state index contributed by atoms with van der Waals surface area (Å²) in [6.07, 6.45) is -1.17. The van der Waals surface area contributed by atoms with Gasteiger partial charge in [-0.1, -0.05) is 41.6 Å². The van der Waals surface area contributed by atoms with Gasteiger partial charge in [0, 0.05) is 5.56 Å². The van der Waals surface area contributed by atoms with E-state index in [1.54, 1.807) is 18.2 Å². The van der Waals surface area contributed by atoms with Crippen LogP contribution in [0.1, 0.15) is 22.6 Å². The first-order chi connectivity index (χ1) is 12.6. The second-order valence-electron chi connectivity index (χ2n) is 5.22.